The van der Waals surface area contributed by atoms with Gasteiger partial charge in [0.15, 0.2) is 11.5 Å². The molecule has 1 heterocycles. The summed E-state index contributed by atoms with van der Waals surface area (Å²) in [5, 5.41) is 24.4. The van der Waals surface area contributed by atoms with Gasteiger partial charge >= 0.3 is 0 Å². The van der Waals surface area contributed by atoms with Gasteiger partial charge in [0.05, 0.1) is 6.04 Å². The maximum Gasteiger partial charge on any atom is 0.237 e. The average Bonchev–Trinajstić information content (AvgIpc) is 2.84. The minimum Gasteiger partial charge on any atom is -0.504 e. The molecule has 0 aliphatic carbocycles. The van der Waals surface area contributed by atoms with E-state index in [-0.39, 0.29) is 23.4 Å². The van der Waals surface area contributed by atoms with Crippen LogP contribution < -0.4 is 10.6 Å². The summed E-state index contributed by atoms with van der Waals surface area (Å²) in [6, 6.07) is 4.42. The molecule has 1 aromatic rings. The molecule has 1 aliphatic heterocycles. The fourth-order valence-electron chi connectivity index (χ4n) is 1.90. The van der Waals surface area contributed by atoms with Gasteiger partial charge in [-0.2, -0.15) is 0 Å². The van der Waals surface area contributed by atoms with Gasteiger partial charge in [-0.3, -0.25) is 4.79 Å². The number of hydrogen-bond donors (Lipinski definition) is 4. The zero-order valence-electron chi connectivity index (χ0n) is 9.44. The lowest BCUT2D eigenvalue weighted by Gasteiger charge is -2.11. The first-order chi connectivity index (χ1) is 8.16. The quantitative estimate of drug-likeness (QED) is 0.575. The van der Waals surface area contributed by atoms with Gasteiger partial charge < -0.3 is 20.8 Å². The molecule has 2 rings (SSSR count). The number of carbonyl (C=O) groups excluding carboxylic acids is 1. The highest BCUT2D eigenvalue weighted by atomic mass is 16.3. The highest BCUT2D eigenvalue weighted by molar-refractivity contribution is 5.81. The summed E-state index contributed by atoms with van der Waals surface area (Å²) in [4.78, 5) is 11.7. The summed E-state index contributed by atoms with van der Waals surface area (Å²) in [5.41, 5.74) is 0.756. The van der Waals surface area contributed by atoms with E-state index in [1.807, 2.05) is 0 Å². The summed E-state index contributed by atoms with van der Waals surface area (Å²) in [7, 11) is 0. The number of phenolic OH excluding ortho intramolecular Hbond substituents is 2. The molecule has 0 saturated carbocycles. The SMILES string of the molecule is O=C(NCc1ccc(O)c(O)c1)[C@@H]1CCCN1. The molecule has 1 aliphatic rings. The van der Waals surface area contributed by atoms with Gasteiger partial charge in [-0.15, -0.1) is 0 Å². The molecule has 1 aromatic carbocycles. The fraction of sp³-hybridized carbons (Fsp3) is 0.417. The molecule has 0 radical (unpaired) electrons. The van der Waals surface area contributed by atoms with Crippen LogP contribution in [0.15, 0.2) is 18.2 Å². The Bertz CT molecular complexity index is 414. The van der Waals surface area contributed by atoms with Crippen molar-refractivity contribution < 1.29 is 15.0 Å². The Balaban J connectivity index is 1.88. The minimum atomic E-state index is -0.171. The van der Waals surface area contributed by atoms with Crippen LogP contribution in [0.25, 0.3) is 0 Å². The van der Waals surface area contributed by atoms with E-state index in [0.717, 1.165) is 24.9 Å². The van der Waals surface area contributed by atoms with Crippen molar-refractivity contribution >= 4 is 5.91 Å². The first-order valence-corrected chi connectivity index (χ1v) is 5.69. The standard InChI is InChI=1S/C12H16N2O3/c15-10-4-3-8(6-11(10)16)7-14-12(17)9-2-1-5-13-9/h3-4,6,9,13,15-16H,1-2,5,7H2,(H,14,17)/t9-/m0/s1. The van der Waals surface area contributed by atoms with Gasteiger partial charge in [-0.1, -0.05) is 6.07 Å². The summed E-state index contributed by atoms with van der Waals surface area (Å²) >= 11 is 0. The first-order valence-electron chi connectivity index (χ1n) is 5.69. The maximum absolute atomic E-state index is 11.7. The third kappa shape index (κ3) is 2.88. The largest absolute Gasteiger partial charge is 0.504 e. The maximum atomic E-state index is 11.7. The van der Waals surface area contributed by atoms with Crippen molar-refractivity contribution in [1.29, 1.82) is 0 Å². The molecule has 1 amide bonds. The Morgan fingerprint density at radius 1 is 1.41 bits per heavy atom. The van der Waals surface area contributed by atoms with Crippen LogP contribution in [0.1, 0.15) is 18.4 Å². The Kier molecular flexibility index (Phi) is 3.49. The zero-order valence-corrected chi connectivity index (χ0v) is 9.44. The molecule has 5 nitrogen and oxygen atoms in total. The predicted molar refractivity (Wildman–Crippen MR) is 62.6 cm³/mol. The monoisotopic (exact) mass is 236 g/mol. The number of hydrogen-bond acceptors (Lipinski definition) is 4. The number of nitrogens with one attached hydrogen (secondary N) is 2. The van der Waals surface area contributed by atoms with Gasteiger partial charge in [-0.05, 0) is 37.1 Å². The second-order valence-corrected chi connectivity index (χ2v) is 4.19. The molecule has 92 valence electrons. The van der Waals surface area contributed by atoms with Crippen LogP contribution in [0, 0.1) is 0 Å². The zero-order chi connectivity index (χ0) is 12.3. The molecule has 0 unspecified atom stereocenters. The number of carbonyl (C=O) groups is 1. The molecule has 0 spiro atoms. The molecule has 17 heavy (non-hydrogen) atoms. The van der Waals surface area contributed by atoms with Crippen molar-refractivity contribution in [3.8, 4) is 11.5 Å². The first kappa shape index (κ1) is 11.7. The van der Waals surface area contributed by atoms with E-state index in [4.69, 9.17) is 5.11 Å². The normalized spacial score (nSPS) is 19.2. The van der Waals surface area contributed by atoms with E-state index in [1.165, 1.54) is 12.1 Å². The van der Waals surface area contributed by atoms with Crippen molar-refractivity contribution in [3.05, 3.63) is 23.8 Å². The molecule has 1 atom stereocenters. The number of amides is 1. The number of rotatable bonds is 3. The molecule has 0 aromatic heterocycles. The highest BCUT2D eigenvalue weighted by Crippen LogP contribution is 2.24. The fourth-order valence-corrected chi connectivity index (χ4v) is 1.90. The molecular formula is C12H16N2O3. The summed E-state index contributed by atoms with van der Waals surface area (Å²) < 4.78 is 0. The Hall–Kier alpha value is -1.75. The molecular weight excluding hydrogens is 220 g/mol. The van der Waals surface area contributed by atoms with Gasteiger partial charge in [-0.25, -0.2) is 0 Å². The molecule has 1 saturated heterocycles. The Morgan fingerprint density at radius 3 is 2.88 bits per heavy atom. The number of benzene rings is 1. The van der Waals surface area contributed by atoms with Crippen molar-refractivity contribution in [2.45, 2.75) is 25.4 Å². The van der Waals surface area contributed by atoms with Crippen LogP contribution in [0.3, 0.4) is 0 Å². The lowest BCUT2D eigenvalue weighted by Crippen LogP contribution is -2.39. The van der Waals surface area contributed by atoms with E-state index < -0.39 is 0 Å². The van der Waals surface area contributed by atoms with Crippen LogP contribution in [0.5, 0.6) is 11.5 Å². The molecule has 1 fully saturated rings. The molecule has 4 N–H and O–H groups in total. The van der Waals surface area contributed by atoms with Crippen molar-refractivity contribution in [1.82, 2.24) is 10.6 Å². The second kappa shape index (κ2) is 5.05. The molecule has 0 bridgehead atoms. The highest BCUT2D eigenvalue weighted by Gasteiger charge is 2.21. The smallest absolute Gasteiger partial charge is 0.237 e. The molecule has 5 heteroatoms. The lowest BCUT2D eigenvalue weighted by atomic mass is 10.2. The van der Waals surface area contributed by atoms with Crippen LogP contribution in [0.4, 0.5) is 0 Å². The van der Waals surface area contributed by atoms with Crippen LogP contribution >= 0.6 is 0 Å². The van der Waals surface area contributed by atoms with E-state index in [1.54, 1.807) is 6.07 Å². The van der Waals surface area contributed by atoms with E-state index in [2.05, 4.69) is 10.6 Å². The Labute approximate surface area is 99.5 Å². The topological polar surface area (TPSA) is 81.6 Å². The number of aromatic hydroxyl groups is 2. The predicted octanol–water partition coefficient (Wildman–Crippen LogP) is 0.466. The Morgan fingerprint density at radius 2 is 2.24 bits per heavy atom. The second-order valence-electron chi connectivity index (χ2n) is 4.19. The number of phenols is 2. The van der Waals surface area contributed by atoms with Gasteiger partial charge in [0.2, 0.25) is 5.91 Å². The van der Waals surface area contributed by atoms with Gasteiger partial charge in [0.1, 0.15) is 0 Å². The third-order valence-corrected chi connectivity index (χ3v) is 2.88. The van der Waals surface area contributed by atoms with Gasteiger partial charge in [0, 0.05) is 6.54 Å². The summed E-state index contributed by atoms with van der Waals surface area (Å²) in [5.74, 6) is -0.344. The van der Waals surface area contributed by atoms with Crippen molar-refractivity contribution in [2.75, 3.05) is 6.54 Å². The van der Waals surface area contributed by atoms with E-state index in [9.17, 15) is 9.90 Å². The van der Waals surface area contributed by atoms with Crippen molar-refractivity contribution in [3.63, 3.8) is 0 Å². The summed E-state index contributed by atoms with van der Waals surface area (Å²) in [6.07, 6.45) is 1.89. The minimum absolute atomic E-state index is 0.0185. The van der Waals surface area contributed by atoms with Gasteiger partial charge in [0.25, 0.3) is 0 Å². The third-order valence-electron chi connectivity index (χ3n) is 2.88. The van der Waals surface area contributed by atoms with Crippen LogP contribution in [0.2, 0.25) is 0 Å². The summed E-state index contributed by atoms with van der Waals surface area (Å²) in [6.45, 7) is 1.24. The van der Waals surface area contributed by atoms with Crippen molar-refractivity contribution in [2.24, 2.45) is 0 Å². The van der Waals surface area contributed by atoms with Crippen LogP contribution in [-0.4, -0.2) is 28.7 Å². The van der Waals surface area contributed by atoms with E-state index >= 15 is 0 Å². The average molecular weight is 236 g/mol. The van der Waals surface area contributed by atoms with E-state index in [0.29, 0.717) is 6.54 Å². The van der Waals surface area contributed by atoms with Crippen LogP contribution in [-0.2, 0) is 11.3 Å². The lowest BCUT2D eigenvalue weighted by molar-refractivity contribution is -0.122.